The number of aromatic nitrogens is 1. The van der Waals surface area contributed by atoms with Crippen molar-refractivity contribution < 1.29 is 9.18 Å². The second-order valence-electron chi connectivity index (χ2n) is 7.43. The second-order valence-corrected chi connectivity index (χ2v) is 7.86. The standard InChI is InChI=1S/C25H19ClFN3O/c26-19-9-5-8-17(15-19)24-23-13-6-14-29(23)22-12-4-1-7-18(22)16-30(24)25(31)28-21-11-3-2-10-20(21)27/h1-15,24H,16H2,(H,28,31)/t24-/m0/s1. The van der Waals surface area contributed by atoms with Crippen LogP contribution < -0.4 is 5.32 Å². The molecule has 2 heterocycles. The average molecular weight is 432 g/mol. The maximum Gasteiger partial charge on any atom is 0.323 e. The van der Waals surface area contributed by atoms with Crippen molar-refractivity contribution in [2.75, 3.05) is 5.32 Å². The summed E-state index contributed by atoms with van der Waals surface area (Å²) in [5, 5.41) is 3.34. The van der Waals surface area contributed by atoms with Gasteiger partial charge in [-0.3, -0.25) is 0 Å². The molecule has 3 aromatic carbocycles. The van der Waals surface area contributed by atoms with Gasteiger partial charge in [-0.1, -0.05) is 54.1 Å². The first-order valence-electron chi connectivity index (χ1n) is 9.95. The Balaban J connectivity index is 1.65. The Morgan fingerprint density at radius 2 is 1.77 bits per heavy atom. The van der Waals surface area contributed by atoms with Crippen molar-refractivity contribution in [3.05, 3.63) is 119 Å². The number of carbonyl (C=O) groups excluding carboxylic acids is 1. The smallest absolute Gasteiger partial charge is 0.318 e. The number of hydrogen-bond acceptors (Lipinski definition) is 1. The van der Waals surface area contributed by atoms with Crippen molar-refractivity contribution in [1.82, 2.24) is 9.47 Å². The number of fused-ring (bicyclic) bond motifs is 3. The molecule has 1 N–H and O–H groups in total. The Kier molecular flexibility index (Phi) is 4.96. The van der Waals surface area contributed by atoms with Gasteiger partial charge in [-0.15, -0.1) is 0 Å². The maximum absolute atomic E-state index is 14.2. The van der Waals surface area contributed by atoms with Crippen LogP contribution >= 0.6 is 11.6 Å². The summed E-state index contributed by atoms with van der Waals surface area (Å²) in [6.07, 6.45) is 1.99. The van der Waals surface area contributed by atoms with Crippen molar-refractivity contribution in [2.24, 2.45) is 0 Å². The van der Waals surface area contributed by atoms with E-state index in [4.69, 9.17) is 11.6 Å². The third kappa shape index (κ3) is 3.57. The lowest BCUT2D eigenvalue weighted by Gasteiger charge is -2.31. The highest BCUT2D eigenvalue weighted by atomic mass is 35.5. The number of nitrogens with zero attached hydrogens (tertiary/aromatic N) is 2. The van der Waals surface area contributed by atoms with Gasteiger partial charge in [0.15, 0.2) is 0 Å². The Labute approximate surface area is 184 Å². The first-order chi connectivity index (χ1) is 15.1. The molecule has 0 aliphatic carbocycles. The van der Waals surface area contributed by atoms with Gasteiger partial charge in [0.2, 0.25) is 0 Å². The van der Waals surface area contributed by atoms with E-state index in [1.807, 2.05) is 60.8 Å². The zero-order valence-corrected chi connectivity index (χ0v) is 17.3. The van der Waals surface area contributed by atoms with Crippen LogP contribution in [0.5, 0.6) is 0 Å². The molecule has 0 bridgehead atoms. The fourth-order valence-electron chi connectivity index (χ4n) is 4.12. The van der Waals surface area contributed by atoms with Crippen molar-refractivity contribution >= 4 is 23.3 Å². The quantitative estimate of drug-likeness (QED) is 0.391. The summed E-state index contributed by atoms with van der Waals surface area (Å²) >= 11 is 6.30. The number of rotatable bonds is 2. The predicted octanol–water partition coefficient (Wildman–Crippen LogP) is 6.41. The van der Waals surface area contributed by atoms with E-state index < -0.39 is 11.9 Å². The lowest BCUT2D eigenvalue weighted by molar-refractivity contribution is 0.194. The minimum atomic E-state index is -0.478. The molecule has 0 saturated heterocycles. The number of benzene rings is 3. The van der Waals surface area contributed by atoms with E-state index in [-0.39, 0.29) is 11.7 Å². The number of amides is 2. The van der Waals surface area contributed by atoms with Gasteiger partial charge in [-0.25, -0.2) is 9.18 Å². The van der Waals surface area contributed by atoms with Crippen molar-refractivity contribution in [2.45, 2.75) is 12.6 Å². The van der Waals surface area contributed by atoms with E-state index in [0.29, 0.717) is 11.6 Å². The van der Waals surface area contributed by atoms with E-state index in [1.54, 1.807) is 29.2 Å². The van der Waals surface area contributed by atoms with Gasteiger partial charge in [0, 0.05) is 16.9 Å². The Morgan fingerprint density at radius 3 is 2.61 bits per heavy atom. The zero-order valence-electron chi connectivity index (χ0n) is 16.5. The summed E-state index contributed by atoms with van der Waals surface area (Å²) in [7, 11) is 0. The van der Waals surface area contributed by atoms with Gasteiger partial charge in [0.1, 0.15) is 5.82 Å². The van der Waals surface area contributed by atoms with E-state index in [1.165, 1.54) is 6.07 Å². The van der Waals surface area contributed by atoms with E-state index in [2.05, 4.69) is 9.88 Å². The van der Waals surface area contributed by atoms with Crippen molar-refractivity contribution in [1.29, 1.82) is 0 Å². The monoisotopic (exact) mass is 431 g/mol. The number of nitrogens with one attached hydrogen (secondary N) is 1. The molecule has 0 saturated carbocycles. The molecule has 1 aliphatic rings. The lowest BCUT2D eigenvalue weighted by atomic mass is 10.0. The summed E-state index contributed by atoms with van der Waals surface area (Å²) in [6, 6.07) is 24.8. The third-order valence-corrected chi connectivity index (χ3v) is 5.74. The van der Waals surface area contributed by atoms with E-state index in [0.717, 1.165) is 22.5 Å². The summed E-state index contributed by atoms with van der Waals surface area (Å²) in [6.45, 7) is 0.356. The highest BCUT2D eigenvalue weighted by molar-refractivity contribution is 6.30. The van der Waals surface area contributed by atoms with Crippen LogP contribution in [0.25, 0.3) is 5.69 Å². The number of para-hydroxylation sites is 2. The predicted molar refractivity (Wildman–Crippen MR) is 120 cm³/mol. The van der Waals surface area contributed by atoms with Crippen LogP contribution in [-0.4, -0.2) is 15.5 Å². The number of urea groups is 1. The molecule has 4 aromatic rings. The molecule has 31 heavy (non-hydrogen) atoms. The van der Waals surface area contributed by atoms with E-state index >= 15 is 0 Å². The van der Waals surface area contributed by atoms with Gasteiger partial charge < -0.3 is 14.8 Å². The van der Waals surface area contributed by atoms with Gasteiger partial charge in [-0.2, -0.15) is 0 Å². The van der Waals surface area contributed by atoms with Crippen LogP contribution in [-0.2, 0) is 6.54 Å². The fourth-order valence-corrected chi connectivity index (χ4v) is 4.32. The number of carbonyl (C=O) groups is 1. The van der Waals surface area contributed by atoms with Gasteiger partial charge in [-0.05, 0) is 53.6 Å². The lowest BCUT2D eigenvalue weighted by Crippen LogP contribution is -2.38. The Hall–Kier alpha value is -3.57. The maximum atomic E-state index is 14.2. The average Bonchev–Trinajstić information content (AvgIpc) is 3.19. The molecule has 2 amide bonds. The number of hydrogen-bond donors (Lipinski definition) is 1. The molecule has 6 heteroatoms. The molecule has 154 valence electrons. The molecule has 4 nitrogen and oxygen atoms in total. The van der Waals surface area contributed by atoms with Crippen molar-refractivity contribution in [3.63, 3.8) is 0 Å². The molecular formula is C25H19ClFN3O. The highest BCUT2D eigenvalue weighted by Gasteiger charge is 2.33. The largest absolute Gasteiger partial charge is 0.323 e. The summed E-state index contributed by atoms with van der Waals surface area (Å²) in [5.41, 5.74) is 3.95. The summed E-state index contributed by atoms with van der Waals surface area (Å²) in [4.78, 5) is 15.2. The van der Waals surface area contributed by atoms with Crippen LogP contribution in [0.2, 0.25) is 5.02 Å². The number of anilines is 1. The third-order valence-electron chi connectivity index (χ3n) is 5.50. The van der Waals surface area contributed by atoms with Gasteiger partial charge in [0.05, 0.1) is 24.0 Å². The van der Waals surface area contributed by atoms with Gasteiger partial charge in [0.25, 0.3) is 0 Å². The van der Waals surface area contributed by atoms with E-state index in [9.17, 15) is 9.18 Å². The summed E-state index contributed by atoms with van der Waals surface area (Å²) < 4.78 is 16.3. The van der Waals surface area contributed by atoms with Crippen LogP contribution in [0.3, 0.4) is 0 Å². The van der Waals surface area contributed by atoms with Crippen molar-refractivity contribution in [3.8, 4) is 5.69 Å². The minimum absolute atomic E-state index is 0.144. The minimum Gasteiger partial charge on any atom is -0.318 e. The highest BCUT2D eigenvalue weighted by Crippen LogP contribution is 2.37. The Morgan fingerprint density at radius 1 is 0.968 bits per heavy atom. The molecule has 1 aliphatic heterocycles. The topological polar surface area (TPSA) is 37.3 Å². The molecule has 0 spiro atoms. The SMILES string of the molecule is O=C(Nc1ccccc1F)N1Cc2ccccc2-n2cccc2[C@@H]1c1cccc(Cl)c1. The fraction of sp³-hybridized carbons (Fsp3) is 0.0800. The summed E-state index contributed by atoms with van der Waals surface area (Å²) in [5.74, 6) is -0.478. The van der Waals surface area contributed by atoms with Crippen LogP contribution in [0.15, 0.2) is 91.1 Å². The molecule has 0 unspecified atom stereocenters. The second kappa shape index (κ2) is 7.93. The van der Waals surface area contributed by atoms with Crippen LogP contribution in [0.1, 0.15) is 22.9 Å². The first kappa shape index (κ1) is 19.4. The molecule has 0 fully saturated rings. The Bertz CT molecular complexity index is 1270. The molecule has 1 atom stereocenters. The molecular weight excluding hydrogens is 413 g/mol. The molecule has 1 aromatic heterocycles. The normalized spacial score (nSPS) is 15.0. The van der Waals surface area contributed by atoms with Gasteiger partial charge >= 0.3 is 6.03 Å². The number of halogens is 2. The van der Waals surface area contributed by atoms with Crippen LogP contribution in [0, 0.1) is 5.82 Å². The van der Waals surface area contributed by atoms with Crippen LogP contribution in [0.4, 0.5) is 14.9 Å². The molecule has 0 radical (unpaired) electrons. The zero-order chi connectivity index (χ0) is 21.4. The first-order valence-corrected chi connectivity index (χ1v) is 10.3. The molecule has 5 rings (SSSR count).